The molecule has 324 valence electrons. The molecule has 1 aromatic heterocycles. The van der Waals surface area contributed by atoms with E-state index < -0.39 is 35.6 Å². The quantitative estimate of drug-likeness (QED) is 0.231. The molecule has 10 rings (SSSR count). The Morgan fingerprint density at radius 1 is 0.790 bits per heavy atom. The Labute approximate surface area is 358 Å². The molecule has 7 aliphatic rings. The number of aromatic nitrogens is 2. The highest BCUT2D eigenvalue weighted by atomic mass is 16.5. The normalized spacial score (nSPS) is 23.8. The smallest absolute Gasteiger partial charge is 0.320 e. The van der Waals surface area contributed by atoms with Crippen molar-refractivity contribution in [3.63, 3.8) is 0 Å². The van der Waals surface area contributed by atoms with Gasteiger partial charge < -0.3 is 40.3 Å². The minimum Gasteiger partial charge on any atom is -0.377 e. The molecule has 19 nitrogen and oxygen atoms in total. The van der Waals surface area contributed by atoms with Crippen molar-refractivity contribution in [1.82, 2.24) is 34.9 Å². The molecule has 7 aliphatic heterocycles. The van der Waals surface area contributed by atoms with Crippen molar-refractivity contribution < 1.29 is 33.5 Å². The Morgan fingerprint density at radius 3 is 2.23 bits per heavy atom. The van der Waals surface area contributed by atoms with E-state index in [2.05, 4.69) is 47.3 Å². The molecule has 0 aliphatic carbocycles. The van der Waals surface area contributed by atoms with Crippen LogP contribution in [-0.2, 0) is 14.3 Å². The molecular formula is C43H50N12O7. The van der Waals surface area contributed by atoms with E-state index in [1.807, 2.05) is 28.0 Å². The van der Waals surface area contributed by atoms with E-state index in [-0.39, 0.29) is 48.0 Å². The van der Waals surface area contributed by atoms with Crippen LogP contribution in [0.1, 0.15) is 56.9 Å². The van der Waals surface area contributed by atoms with E-state index in [1.165, 1.54) is 0 Å². The molecular weight excluding hydrogens is 797 g/mol. The molecule has 4 N–H and O–H groups in total. The maximum absolute atomic E-state index is 13.3. The van der Waals surface area contributed by atoms with Gasteiger partial charge in [-0.1, -0.05) is 0 Å². The van der Waals surface area contributed by atoms with E-state index in [4.69, 9.17) is 15.5 Å². The minimum atomic E-state index is -0.980. The molecule has 0 saturated carbocycles. The largest absolute Gasteiger partial charge is 0.377 e. The second-order valence-corrected chi connectivity index (χ2v) is 17.3. The Morgan fingerprint density at radius 2 is 1.52 bits per heavy atom. The first kappa shape index (κ1) is 39.8. The molecule has 8 heterocycles. The number of nitrogens with two attached hydrogens (primary N) is 1. The fraction of sp³-hybridized carbons (Fsp3) is 0.488. The number of rotatable bonds is 11. The third-order valence-corrected chi connectivity index (χ3v) is 13.4. The van der Waals surface area contributed by atoms with Crippen LogP contribution in [0, 0.1) is 5.92 Å². The number of primary amides is 1. The third kappa shape index (κ3) is 7.42. The number of anilines is 5. The second-order valence-electron chi connectivity index (χ2n) is 17.3. The lowest BCUT2D eigenvalue weighted by Gasteiger charge is -2.45. The zero-order chi connectivity index (χ0) is 42.6. The summed E-state index contributed by atoms with van der Waals surface area (Å²) in [6.07, 6.45) is 3.62. The summed E-state index contributed by atoms with van der Waals surface area (Å²) in [6.45, 7) is 10.3. The predicted octanol–water partition coefficient (Wildman–Crippen LogP) is 1.08. The standard InChI is InChI=1S/C43H50N12O7/c44-38(57)37-39(47-35(19-45-37)51-11-1-2-30(23-51)53-16-17-54(43(53)61)31-24-62-25-31)46-27-3-5-28(6-4-27)50-14-12-49(13-15-50)20-26-21-52(22-26)29-7-8-32-33(18-29)42(60)55(41(32)59)34-9-10-36(56)48-40(34)58/h3-8,18-19,26,30-31,34H,1-2,9-17,20-25H2,(H2,44,57)(H,46,47)(H,48,56,58). The molecule has 2 aromatic carbocycles. The Balaban J connectivity index is 0.706. The lowest BCUT2D eigenvalue weighted by molar-refractivity contribution is -0.136. The monoisotopic (exact) mass is 846 g/mol. The highest BCUT2D eigenvalue weighted by molar-refractivity contribution is 6.23. The molecule has 19 heteroatoms. The maximum atomic E-state index is 13.3. The molecule has 2 unspecified atom stereocenters. The van der Waals surface area contributed by atoms with Crippen molar-refractivity contribution in [2.24, 2.45) is 11.7 Å². The van der Waals surface area contributed by atoms with Crippen LogP contribution in [0.25, 0.3) is 0 Å². The predicted molar refractivity (Wildman–Crippen MR) is 226 cm³/mol. The van der Waals surface area contributed by atoms with Crippen molar-refractivity contribution in [3.05, 3.63) is 65.5 Å². The van der Waals surface area contributed by atoms with Crippen molar-refractivity contribution in [2.75, 3.05) is 105 Å². The first-order valence-corrected chi connectivity index (χ1v) is 21.6. The SMILES string of the molecule is NC(=O)c1ncc(N2CCCC(N3CCN(C4COC4)C3=O)C2)nc1Nc1ccc(N2CCN(CC3CN(c4ccc5c(c4)C(=O)N(C4CCC(=O)NC4=O)C5=O)C3)CC2)cc1. The van der Waals surface area contributed by atoms with Crippen molar-refractivity contribution in [2.45, 2.75) is 43.8 Å². The van der Waals surface area contributed by atoms with Gasteiger partial charge in [0.25, 0.3) is 17.7 Å². The van der Waals surface area contributed by atoms with Crippen LogP contribution in [0.4, 0.5) is 33.5 Å². The lowest BCUT2D eigenvalue weighted by Crippen LogP contribution is -2.55. The number of carbonyl (C=O) groups excluding carboxylic acids is 6. The van der Waals surface area contributed by atoms with Gasteiger partial charge in [-0.3, -0.25) is 39.1 Å². The number of nitrogens with one attached hydrogen (secondary N) is 2. The maximum Gasteiger partial charge on any atom is 0.320 e. The van der Waals surface area contributed by atoms with Crippen LogP contribution < -0.4 is 31.1 Å². The number of amides is 7. The number of fused-ring (bicyclic) bond motifs is 1. The Kier molecular flexibility index (Phi) is 10.4. The van der Waals surface area contributed by atoms with Crippen molar-refractivity contribution in [1.29, 1.82) is 0 Å². The van der Waals surface area contributed by atoms with Crippen LogP contribution in [-0.4, -0.2) is 168 Å². The number of ether oxygens (including phenoxy) is 1. The number of piperidine rings is 2. The summed E-state index contributed by atoms with van der Waals surface area (Å²) in [7, 11) is 0. The van der Waals surface area contributed by atoms with Gasteiger partial charge in [-0.2, -0.15) is 0 Å². The van der Waals surface area contributed by atoms with Gasteiger partial charge in [0.05, 0.1) is 42.6 Å². The van der Waals surface area contributed by atoms with E-state index in [1.54, 1.807) is 18.3 Å². The number of imide groups is 2. The topological polar surface area (TPSA) is 210 Å². The van der Waals surface area contributed by atoms with E-state index in [0.29, 0.717) is 43.6 Å². The number of hydrogen-bond donors (Lipinski definition) is 3. The first-order chi connectivity index (χ1) is 30.1. The first-order valence-electron chi connectivity index (χ1n) is 21.6. The number of urea groups is 1. The fourth-order valence-electron chi connectivity index (χ4n) is 9.87. The molecule has 0 radical (unpaired) electrons. The van der Waals surface area contributed by atoms with E-state index >= 15 is 0 Å². The van der Waals surface area contributed by atoms with Crippen LogP contribution in [0.2, 0.25) is 0 Å². The summed E-state index contributed by atoms with van der Waals surface area (Å²) in [4.78, 5) is 99.5. The van der Waals surface area contributed by atoms with Crippen LogP contribution in [0.3, 0.4) is 0 Å². The lowest BCUT2D eigenvalue weighted by atomic mass is 9.97. The molecule has 0 spiro atoms. The van der Waals surface area contributed by atoms with Crippen molar-refractivity contribution in [3.8, 4) is 0 Å². The van der Waals surface area contributed by atoms with Crippen LogP contribution >= 0.6 is 0 Å². The molecule has 2 atom stereocenters. The van der Waals surface area contributed by atoms with Gasteiger partial charge in [0.2, 0.25) is 11.8 Å². The Bertz CT molecular complexity index is 2310. The zero-order valence-corrected chi connectivity index (χ0v) is 34.4. The van der Waals surface area contributed by atoms with Gasteiger partial charge in [-0.05, 0) is 61.7 Å². The van der Waals surface area contributed by atoms with E-state index in [0.717, 1.165) is 93.7 Å². The molecule has 62 heavy (non-hydrogen) atoms. The number of piperazine rings is 1. The molecule has 0 bridgehead atoms. The van der Waals surface area contributed by atoms with Gasteiger partial charge in [0, 0.05) is 101 Å². The zero-order valence-electron chi connectivity index (χ0n) is 34.4. The number of carbonyl (C=O) groups is 6. The van der Waals surface area contributed by atoms with Crippen molar-refractivity contribution >= 4 is 64.3 Å². The summed E-state index contributed by atoms with van der Waals surface area (Å²) in [5.74, 6) is -1.30. The average Bonchev–Trinajstić information content (AvgIpc) is 3.73. The van der Waals surface area contributed by atoms with Crippen LogP contribution in [0.5, 0.6) is 0 Å². The van der Waals surface area contributed by atoms with Gasteiger partial charge in [-0.25, -0.2) is 14.8 Å². The minimum absolute atomic E-state index is 0.0578. The van der Waals surface area contributed by atoms with Crippen LogP contribution in [0.15, 0.2) is 48.7 Å². The number of benzene rings is 2. The fourth-order valence-corrected chi connectivity index (χ4v) is 9.87. The van der Waals surface area contributed by atoms with Gasteiger partial charge in [0.15, 0.2) is 11.5 Å². The van der Waals surface area contributed by atoms with Gasteiger partial charge in [-0.15, -0.1) is 0 Å². The van der Waals surface area contributed by atoms with E-state index in [9.17, 15) is 28.8 Å². The number of hydrogen-bond acceptors (Lipinski definition) is 14. The summed E-state index contributed by atoms with van der Waals surface area (Å²) >= 11 is 0. The van der Waals surface area contributed by atoms with Gasteiger partial charge >= 0.3 is 6.03 Å². The number of nitrogens with zero attached hydrogens (tertiary/aromatic N) is 9. The Hall–Kier alpha value is -6.34. The highest BCUT2D eigenvalue weighted by Gasteiger charge is 2.45. The molecule has 7 amide bonds. The molecule has 6 fully saturated rings. The average molecular weight is 847 g/mol. The summed E-state index contributed by atoms with van der Waals surface area (Å²) in [6, 6.07) is 12.7. The summed E-state index contributed by atoms with van der Waals surface area (Å²) < 4.78 is 5.32. The summed E-state index contributed by atoms with van der Waals surface area (Å²) in [5, 5.41) is 5.52. The van der Waals surface area contributed by atoms with Gasteiger partial charge in [0.1, 0.15) is 11.9 Å². The molecule has 6 saturated heterocycles. The third-order valence-electron chi connectivity index (χ3n) is 13.4. The highest BCUT2D eigenvalue weighted by Crippen LogP contribution is 2.34. The molecule has 3 aromatic rings. The second kappa shape index (κ2) is 16.2. The summed E-state index contributed by atoms with van der Waals surface area (Å²) in [5.41, 5.74) is 9.09.